The lowest BCUT2D eigenvalue weighted by molar-refractivity contribution is 0.367. The van der Waals surface area contributed by atoms with Crippen LogP contribution in [0.2, 0.25) is 0 Å². The molecule has 0 spiro atoms. The van der Waals surface area contributed by atoms with Gasteiger partial charge in [0.1, 0.15) is 18.1 Å². The zero-order valence-corrected chi connectivity index (χ0v) is 10.2. The van der Waals surface area contributed by atoms with E-state index in [1.807, 2.05) is 30.3 Å². The Balaban J connectivity index is 2.54. The fourth-order valence-electron chi connectivity index (χ4n) is 1.95. The summed E-state index contributed by atoms with van der Waals surface area (Å²) >= 11 is 0. The van der Waals surface area contributed by atoms with Crippen molar-refractivity contribution in [2.75, 3.05) is 6.61 Å². The van der Waals surface area contributed by atoms with Crippen molar-refractivity contribution in [2.24, 2.45) is 0 Å². The molecular formula is C16H16O2. The van der Waals surface area contributed by atoms with E-state index >= 15 is 0 Å². The Morgan fingerprint density at radius 1 is 1.06 bits per heavy atom. The predicted molar refractivity (Wildman–Crippen MR) is 75.2 cm³/mol. The quantitative estimate of drug-likeness (QED) is 0.805. The number of ether oxygens (including phenoxy) is 1. The number of hydrogen-bond donors (Lipinski definition) is 1. The third kappa shape index (κ3) is 2.23. The number of phenols is 1. The molecule has 0 unspecified atom stereocenters. The fraction of sp³-hybridized carbons (Fsp3) is 0.125. The largest absolute Gasteiger partial charge is 0.507 e. The molecule has 18 heavy (non-hydrogen) atoms. The summed E-state index contributed by atoms with van der Waals surface area (Å²) in [5, 5.41) is 11.9. The summed E-state index contributed by atoms with van der Waals surface area (Å²) in [5.74, 6) is 1.06. The van der Waals surface area contributed by atoms with E-state index in [-0.39, 0.29) is 0 Å². The highest BCUT2D eigenvalue weighted by Crippen LogP contribution is 2.34. The average Bonchev–Trinajstić information content (AvgIpc) is 2.40. The van der Waals surface area contributed by atoms with Crippen LogP contribution in [0.4, 0.5) is 0 Å². The van der Waals surface area contributed by atoms with Gasteiger partial charge in [-0.3, -0.25) is 0 Å². The first-order valence-corrected chi connectivity index (χ1v) is 5.86. The van der Waals surface area contributed by atoms with E-state index in [1.165, 1.54) is 0 Å². The maximum atomic E-state index is 10.2. The van der Waals surface area contributed by atoms with Gasteiger partial charge in [0.05, 0.1) is 0 Å². The molecule has 0 aliphatic heterocycles. The molecule has 2 nitrogen and oxygen atoms in total. The number of fused-ring (bicyclic) bond motifs is 1. The Morgan fingerprint density at radius 2 is 1.89 bits per heavy atom. The molecule has 0 saturated carbocycles. The molecule has 0 atom stereocenters. The summed E-state index contributed by atoms with van der Waals surface area (Å²) in [6, 6.07) is 9.51. The van der Waals surface area contributed by atoms with Crippen LogP contribution in [0, 0.1) is 0 Å². The predicted octanol–water partition coefficient (Wildman–Crippen LogP) is 3.84. The highest BCUT2D eigenvalue weighted by molar-refractivity contribution is 5.93. The van der Waals surface area contributed by atoms with Crippen molar-refractivity contribution < 1.29 is 9.84 Å². The molecule has 0 bridgehead atoms. The Hall–Kier alpha value is -2.22. The minimum absolute atomic E-state index is 0.302. The van der Waals surface area contributed by atoms with E-state index in [0.717, 1.165) is 22.1 Å². The molecule has 2 aromatic rings. The molecule has 0 aromatic heterocycles. The molecule has 2 aromatic carbocycles. The summed E-state index contributed by atoms with van der Waals surface area (Å²) < 4.78 is 5.57. The second kappa shape index (κ2) is 5.41. The van der Waals surface area contributed by atoms with Gasteiger partial charge in [0.25, 0.3) is 0 Å². The first-order chi connectivity index (χ1) is 8.77. The Morgan fingerprint density at radius 3 is 2.61 bits per heavy atom. The molecule has 92 valence electrons. The standard InChI is InChI=1S/C16H16O2/c1-3-6-12-9-10-13-14(16(12)17)7-5-8-15(13)18-11-4-2/h3-5,7-10,17H,1-2,6,11H2. The second-order valence-corrected chi connectivity index (χ2v) is 4.02. The van der Waals surface area contributed by atoms with Gasteiger partial charge in [0.15, 0.2) is 0 Å². The monoisotopic (exact) mass is 240 g/mol. The van der Waals surface area contributed by atoms with Crippen LogP contribution in [0.3, 0.4) is 0 Å². The number of hydrogen-bond acceptors (Lipinski definition) is 2. The molecule has 0 aliphatic rings. The summed E-state index contributed by atoms with van der Waals surface area (Å²) in [5.41, 5.74) is 0.873. The smallest absolute Gasteiger partial charge is 0.127 e. The second-order valence-electron chi connectivity index (χ2n) is 4.02. The van der Waals surface area contributed by atoms with Gasteiger partial charge in [0, 0.05) is 10.8 Å². The van der Waals surface area contributed by atoms with Gasteiger partial charge in [-0.25, -0.2) is 0 Å². The fourth-order valence-corrected chi connectivity index (χ4v) is 1.95. The SMILES string of the molecule is C=CCOc1cccc2c(O)c(CC=C)ccc12. The molecule has 2 heteroatoms. The van der Waals surface area contributed by atoms with Crippen LogP contribution in [0.25, 0.3) is 10.8 Å². The molecule has 0 aliphatic carbocycles. The minimum atomic E-state index is 0.302. The van der Waals surface area contributed by atoms with Crippen molar-refractivity contribution in [1.82, 2.24) is 0 Å². The van der Waals surface area contributed by atoms with Crippen LogP contribution in [-0.4, -0.2) is 11.7 Å². The number of rotatable bonds is 5. The molecule has 0 heterocycles. The topological polar surface area (TPSA) is 29.5 Å². The van der Waals surface area contributed by atoms with Crippen molar-refractivity contribution in [3.05, 3.63) is 61.2 Å². The van der Waals surface area contributed by atoms with Crippen LogP contribution >= 0.6 is 0 Å². The van der Waals surface area contributed by atoms with Crippen molar-refractivity contribution in [1.29, 1.82) is 0 Å². The number of allylic oxidation sites excluding steroid dienone is 1. The molecule has 0 amide bonds. The first kappa shape index (κ1) is 12.2. The van der Waals surface area contributed by atoms with Crippen molar-refractivity contribution >= 4 is 10.8 Å². The third-order valence-electron chi connectivity index (χ3n) is 2.80. The maximum Gasteiger partial charge on any atom is 0.127 e. The lowest BCUT2D eigenvalue weighted by Crippen LogP contribution is -1.94. The lowest BCUT2D eigenvalue weighted by Gasteiger charge is -2.10. The van der Waals surface area contributed by atoms with Gasteiger partial charge in [-0.15, -0.1) is 6.58 Å². The molecule has 0 fully saturated rings. The van der Waals surface area contributed by atoms with Crippen molar-refractivity contribution in [3.8, 4) is 11.5 Å². The van der Waals surface area contributed by atoms with Gasteiger partial charge in [-0.2, -0.15) is 0 Å². The minimum Gasteiger partial charge on any atom is -0.507 e. The summed E-state index contributed by atoms with van der Waals surface area (Å²) in [7, 11) is 0. The van der Waals surface area contributed by atoms with Crippen molar-refractivity contribution in [3.63, 3.8) is 0 Å². The van der Waals surface area contributed by atoms with Crippen LogP contribution in [0.1, 0.15) is 5.56 Å². The molecule has 2 rings (SSSR count). The Bertz CT molecular complexity index is 585. The highest BCUT2D eigenvalue weighted by atomic mass is 16.5. The molecular weight excluding hydrogens is 224 g/mol. The third-order valence-corrected chi connectivity index (χ3v) is 2.80. The molecule has 1 N–H and O–H groups in total. The first-order valence-electron chi connectivity index (χ1n) is 5.86. The molecule has 0 radical (unpaired) electrons. The summed E-state index contributed by atoms with van der Waals surface area (Å²) in [6.45, 7) is 7.77. The normalized spacial score (nSPS) is 10.2. The van der Waals surface area contributed by atoms with Gasteiger partial charge in [-0.1, -0.05) is 43.0 Å². The zero-order valence-electron chi connectivity index (χ0n) is 10.2. The van der Waals surface area contributed by atoms with Crippen LogP contribution in [-0.2, 0) is 6.42 Å². The maximum absolute atomic E-state index is 10.2. The highest BCUT2D eigenvalue weighted by Gasteiger charge is 2.08. The van der Waals surface area contributed by atoms with E-state index in [9.17, 15) is 5.11 Å². The van der Waals surface area contributed by atoms with E-state index in [4.69, 9.17) is 4.74 Å². The van der Waals surface area contributed by atoms with Gasteiger partial charge in [-0.05, 0) is 18.1 Å². The summed E-state index contributed by atoms with van der Waals surface area (Å²) in [6.07, 6.45) is 4.13. The number of aromatic hydroxyl groups is 1. The van der Waals surface area contributed by atoms with Gasteiger partial charge < -0.3 is 9.84 Å². The van der Waals surface area contributed by atoms with E-state index < -0.39 is 0 Å². The van der Waals surface area contributed by atoms with Crippen LogP contribution < -0.4 is 4.74 Å². The van der Waals surface area contributed by atoms with Gasteiger partial charge >= 0.3 is 0 Å². The van der Waals surface area contributed by atoms with Gasteiger partial charge in [0.2, 0.25) is 0 Å². The zero-order chi connectivity index (χ0) is 13.0. The summed E-state index contributed by atoms with van der Waals surface area (Å²) in [4.78, 5) is 0. The average molecular weight is 240 g/mol. The number of benzene rings is 2. The van der Waals surface area contributed by atoms with Crippen molar-refractivity contribution in [2.45, 2.75) is 6.42 Å². The Kier molecular flexibility index (Phi) is 3.68. The molecule has 0 saturated heterocycles. The Labute approximate surface area is 107 Å². The van der Waals surface area contributed by atoms with Crippen LogP contribution in [0.15, 0.2) is 55.6 Å². The van der Waals surface area contributed by atoms with E-state index in [1.54, 1.807) is 12.2 Å². The van der Waals surface area contributed by atoms with E-state index in [0.29, 0.717) is 18.8 Å². The lowest BCUT2D eigenvalue weighted by atomic mass is 10.0. The van der Waals surface area contributed by atoms with E-state index in [2.05, 4.69) is 13.2 Å². The number of phenolic OH excluding ortho intramolecular Hbond substituents is 1. The van der Waals surface area contributed by atoms with Crippen LogP contribution in [0.5, 0.6) is 11.5 Å².